The lowest BCUT2D eigenvalue weighted by atomic mass is 10.5. The Morgan fingerprint density at radius 2 is 1.11 bits per heavy atom. The van der Waals surface area contributed by atoms with Crippen LogP contribution in [-0.2, 0) is 23.7 Å². The maximum atomic E-state index is 11.0. The topological polar surface area (TPSA) is 80.3 Å². The fourth-order valence-electron chi connectivity index (χ4n) is 0.988. The van der Waals surface area contributed by atoms with Crippen molar-refractivity contribution in [3.05, 3.63) is 0 Å². The molecule has 0 aliphatic rings. The van der Waals surface area contributed by atoms with Crippen LogP contribution in [0.1, 0.15) is 26.7 Å². The lowest BCUT2D eigenvalue weighted by molar-refractivity contribution is 0.0100. The molecular formula is C12H22O7. The molecular weight excluding hydrogens is 256 g/mol. The van der Waals surface area contributed by atoms with Crippen molar-refractivity contribution in [1.82, 2.24) is 0 Å². The molecule has 0 spiro atoms. The first-order chi connectivity index (χ1) is 9.20. The zero-order chi connectivity index (χ0) is 14.3. The van der Waals surface area contributed by atoms with E-state index in [-0.39, 0.29) is 26.4 Å². The molecule has 0 saturated heterocycles. The Morgan fingerprint density at radius 3 is 1.47 bits per heavy atom. The zero-order valence-corrected chi connectivity index (χ0v) is 11.5. The number of ether oxygens (including phenoxy) is 5. The molecule has 0 aliphatic carbocycles. The number of hydrogen-bond acceptors (Lipinski definition) is 7. The van der Waals surface area contributed by atoms with Crippen molar-refractivity contribution < 1.29 is 33.3 Å². The Labute approximate surface area is 113 Å². The van der Waals surface area contributed by atoms with Crippen LogP contribution in [0.15, 0.2) is 0 Å². The summed E-state index contributed by atoms with van der Waals surface area (Å²) in [6.07, 6.45) is -0.424. The number of hydrogen-bond donors (Lipinski definition) is 0. The molecule has 0 amide bonds. The number of rotatable bonds is 10. The van der Waals surface area contributed by atoms with Gasteiger partial charge in [0.05, 0.1) is 13.2 Å². The molecule has 112 valence electrons. The fourth-order valence-corrected chi connectivity index (χ4v) is 0.988. The first-order valence-corrected chi connectivity index (χ1v) is 6.37. The molecule has 0 aliphatic heterocycles. The third-order valence-electron chi connectivity index (χ3n) is 1.76. The lowest BCUT2D eigenvalue weighted by Gasteiger charge is -2.06. The number of carbonyl (C=O) groups excluding carboxylic acids is 2. The summed E-state index contributed by atoms with van der Waals surface area (Å²) in [5, 5.41) is 0. The second kappa shape index (κ2) is 13.1. The quantitative estimate of drug-likeness (QED) is 0.344. The second-order valence-corrected chi connectivity index (χ2v) is 3.52. The maximum Gasteiger partial charge on any atom is 0.518 e. The summed E-state index contributed by atoms with van der Waals surface area (Å²) in [4.78, 5) is 22.0. The van der Waals surface area contributed by atoms with Crippen molar-refractivity contribution in [3.8, 4) is 0 Å². The molecule has 7 heteroatoms. The van der Waals surface area contributed by atoms with Crippen LogP contribution in [0, 0.1) is 0 Å². The SMILES string of the molecule is CCCOCCOC(=O)OC(=O)OCCOCCC. The molecule has 0 heterocycles. The van der Waals surface area contributed by atoms with Gasteiger partial charge in [0.25, 0.3) is 0 Å². The average molecular weight is 278 g/mol. The van der Waals surface area contributed by atoms with Crippen LogP contribution in [0.2, 0.25) is 0 Å². The summed E-state index contributed by atoms with van der Waals surface area (Å²) in [6.45, 7) is 5.73. The second-order valence-electron chi connectivity index (χ2n) is 3.52. The Balaban J connectivity index is 3.40. The standard InChI is InChI=1S/C12H22O7/c1-3-5-15-7-9-17-11(13)19-12(14)18-10-8-16-6-4-2/h3-10H2,1-2H3. The van der Waals surface area contributed by atoms with E-state index in [1.54, 1.807) is 0 Å². The number of carbonyl (C=O) groups is 2. The summed E-state index contributed by atoms with van der Waals surface area (Å²) in [7, 11) is 0. The van der Waals surface area contributed by atoms with Gasteiger partial charge in [-0.05, 0) is 12.8 Å². The largest absolute Gasteiger partial charge is 0.518 e. The third kappa shape index (κ3) is 12.9. The van der Waals surface area contributed by atoms with Gasteiger partial charge in [-0.1, -0.05) is 13.8 Å². The van der Waals surface area contributed by atoms with E-state index in [4.69, 9.17) is 9.47 Å². The van der Waals surface area contributed by atoms with Gasteiger partial charge in [0.1, 0.15) is 13.2 Å². The van der Waals surface area contributed by atoms with Crippen molar-refractivity contribution in [2.45, 2.75) is 26.7 Å². The van der Waals surface area contributed by atoms with E-state index in [9.17, 15) is 9.59 Å². The van der Waals surface area contributed by atoms with Gasteiger partial charge >= 0.3 is 12.3 Å². The summed E-state index contributed by atoms with van der Waals surface area (Å²) in [5.74, 6) is 0. The molecule has 7 nitrogen and oxygen atoms in total. The van der Waals surface area contributed by atoms with Crippen molar-refractivity contribution in [2.24, 2.45) is 0 Å². The monoisotopic (exact) mass is 278 g/mol. The fraction of sp³-hybridized carbons (Fsp3) is 0.833. The minimum atomic E-state index is -1.10. The molecule has 0 aromatic rings. The van der Waals surface area contributed by atoms with Gasteiger partial charge in [-0.3, -0.25) is 0 Å². The predicted octanol–water partition coefficient (Wildman–Crippen LogP) is 2.13. The van der Waals surface area contributed by atoms with Crippen LogP contribution in [0.3, 0.4) is 0 Å². The predicted molar refractivity (Wildman–Crippen MR) is 66.0 cm³/mol. The molecule has 0 N–H and O–H groups in total. The van der Waals surface area contributed by atoms with E-state index in [1.807, 2.05) is 13.8 Å². The highest BCUT2D eigenvalue weighted by Gasteiger charge is 2.12. The van der Waals surface area contributed by atoms with Gasteiger partial charge in [0.2, 0.25) is 0 Å². The molecule has 0 rings (SSSR count). The zero-order valence-electron chi connectivity index (χ0n) is 11.5. The minimum Gasteiger partial charge on any atom is -0.431 e. The summed E-state index contributed by atoms with van der Waals surface area (Å²) in [6, 6.07) is 0. The highest BCUT2D eigenvalue weighted by atomic mass is 16.8. The smallest absolute Gasteiger partial charge is 0.431 e. The molecule has 0 aromatic heterocycles. The van der Waals surface area contributed by atoms with Crippen molar-refractivity contribution in [1.29, 1.82) is 0 Å². The van der Waals surface area contributed by atoms with E-state index in [0.717, 1.165) is 12.8 Å². The van der Waals surface area contributed by atoms with Gasteiger partial charge in [-0.2, -0.15) is 0 Å². The molecule has 0 fully saturated rings. The molecule has 0 atom stereocenters. The lowest BCUT2D eigenvalue weighted by Crippen LogP contribution is -2.19. The summed E-state index contributed by atoms with van der Waals surface area (Å²) >= 11 is 0. The Morgan fingerprint density at radius 1 is 0.684 bits per heavy atom. The van der Waals surface area contributed by atoms with Crippen molar-refractivity contribution in [3.63, 3.8) is 0 Å². The van der Waals surface area contributed by atoms with E-state index < -0.39 is 12.3 Å². The molecule has 19 heavy (non-hydrogen) atoms. The van der Waals surface area contributed by atoms with Crippen LogP contribution in [0.25, 0.3) is 0 Å². The van der Waals surface area contributed by atoms with E-state index in [2.05, 4.69) is 14.2 Å². The van der Waals surface area contributed by atoms with E-state index in [1.165, 1.54) is 0 Å². The summed E-state index contributed by atoms with van der Waals surface area (Å²) < 4.78 is 23.6. The highest BCUT2D eigenvalue weighted by molar-refractivity contribution is 5.76. The van der Waals surface area contributed by atoms with Crippen molar-refractivity contribution >= 4 is 12.3 Å². The van der Waals surface area contributed by atoms with Crippen molar-refractivity contribution in [2.75, 3.05) is 39.6 Å². The molecule has 0 aromatic carbocycles. The van der Waals surface area contributed by atoms with E-state index >= 15 is 0 Å². The molecule has 0 unspecified atom stereocenters. The van der Waals surface area contributed by atoms with Crippen LogP contribution in [-0.4, -0.2) is 52.0 Å². The van der Waals surface area contributed by atoms with Gasteiger partial charge in [-0.25, -0.2) is 9.59 Å². The maximum absolute atomic E-state index is 11.0. The first-order valence-electron chi connectivity index (χ1n) is 6.37. The minimum absolute atomic E-state index is 0.0335. The normalized spacial score (nSPS) is 10.0. The third-order valence-corrected chi connectivity index (χ3v) is 1.76. The molecule has 0 bridgehead atoms. The summed E-state index contributed by atoms with van der Waals surface area (Å²) in [5.41, 5.74) is 0. The van der Waals surface area contributed by atoms with Gasteiger partial charge in [0.15, 0.2) is 0 Å². The molecule has 0 saturated carbocycles. The van der Waals surface area contributed by atoms with Crippen LogP contribution >= 0.6 is 0 Å². The van der Waals surface area contributed by atoms with E-state index in [0.29, 0.717) is 13.2 Å². The Hall–Kier alpha value is -1.34. The van der Waals surface area contributed by atoms with Crippen LogP contribution in [0.4, 0.5) is 9.59 Å². The van der Waals surface area contributed by atoms with Crippen LogP contribution < -0.4 is 0 Å². The Kier molecular flexibility index (Phi) is 12.2. The van der Waals surface area contributed by atoms with Gasteiger partial charge in [-0.15, -0.1) is 0 Å². The Bertz CT molecular complexity index is 218. The van der Waals surface area contributed by atoms with Gasteiger partial charge in [0, 0.05) is 13.2 Å². The first kappa shape index (κ1) is 17.7. The molecule has 0 radical (unpaired) electrons. The average Bonchev–Trinajstić information content (AvgIpc) is 2.38. The van der Waals surface area contributed by atoms with Crippen LogP contribution in [0.5, 0.6) is 0 Å². The highest BCUT2D eigenvalue weighted by Crippen LogP contribution is 1.92. The van der Waals surface area contributed by atoms with Gasteiger partial charge < -0.3 is 23.7 Å².